The van der Waals surface area contributed by atoms with Gasteiger partial charge in [0.15, 0.2) is 9.84 Å². The second-order valence-electron chi connectivity index (χ2n) is 3.53. The van der Waals surface area contributed by atoms with E-state index in [1.807, 2.05) is 0 Å². The molecule has 0 spiro atoms. The van der Waals surface area contributed by atoms with E-state index in [9.17, 15) is 18.0 Å². The number of hydrogen-bond donors (Lipinski definition) is 2. The number of carbonyl (C=O) groups is 2. The Hall–Kier alpha value is -1.11. The molecule has 1 aliphatic rings. The Morgan fingerprint density at radius 2 is 2.13 bits per heavy atom. The molecule has 0 aliphatic carbocycles. The van der Waals surface area contributed by atoms with Gasteiger partial charge in [-0.1, -0.05) is 0 Å². The van der Waals surface area contributed by atoms with Crippen molar-refractivity contribution in [2.45, 2.75) is 6.42 Å². The Kier molecular flexibility index (Phi) is 4.07. The molecule has 15 heavy (non-hydrogen) atoms. The molecule has 2 amide bonds. The zero-order valence-electron chi connectivity index (χ0n) is 8.23. The number of hydrogen-bond acceptors (Lipinski definition) is 4. The first-order valence-electron chi connectivity index (χ1n) is 4.69. The monoisotopic (exact) mass is 234 g/mol. The van der Waals surface area contributed by atoms with E-state index in [1.165, 1.54) is 0 Å². The SMILES string of the molecule is O=CCNC(=O)NCC1CCS(=O)(=O)C1. The summed E-state index contributed by atoms with van der Waals surface area (Å²) in [7, 11) is -2.89. The Morgan fingerprint density at radius 3 is 2.67 bits per heavy atom. The van der Waals surface area contributed by atoms with Crippen LogP contribution in [-0.4, -0.2) is 45.3 Å². The summed E-state index contributed by atoms with van der Waals surface area (Å²) in [6.07, 6.45) is 1.18. The molecule has 2 N–H and O–H groups in total. The van der Waals surface area contributed by atoms with Gasteiger partial charge in [-0.3, -0.25) is 0 Å². The van der Waals surface area contributed by atoms with Crippen molar-refractivity contribution in [3.8, 4) is 0 Å². The number of aldehydes is 1. The minimum atomic E-state index is -2.89. The van der Waals surface area contributed by atoms with Crippen LogP contribution in [-0.2, 0) is 14.6 Å². The van der Waals surface area contributed by atoms with Crippen molar-refractivity contribution in [2.24, 2.45) is 5.92 Å². The summed E-state index contributed by atoms with van der Waals surface area (Å²) < 4.78 is 22.2. The maximum Gasteiger partial charge on any atom is 0.315 e. The minimum Gasteiger partial charge on any atom is -0.338 e. The summed E-state index contributed by atoms with van der Waals surface area (Å²) in [6, 6.07) is -0.439. The van der Waals surface area contributed by atoms with Crippen molar-refractivity contribution >= 4 is 22.2 Å². The third kappa shape index (κ3) is 4.28. The van der Waals surface area contributed by atoms with E-state index in [-0.39, 0.29) is 24.0 Å². The van der Waals surface area contributed by atoms with Gasteiger partial charge in [-0.15, -0.1) is 0 Å². The Balaban J connectivity index is 2.21. The molecule has 1 heterocycles. The first-order valence-corrected chi connectivity index (χ1v) is 6.51. The number of urea groups is 1. The van der Waals surface area contributed by atoms with E-state index < -0.39 is 15.9 Å². The van der Waals surface area contributed by atoms with Crippen LogP contribution in [0, 0.1) is 5.92 Å². The highest BCUT2D eigenvalue weighted by Crippen LogP contribution is 2.17. The lowest BCUT2D eigenvalue weighted by atomic mass is 10.1. The molecule has 0 bridgehead atoms. The predicted molar refractivity (Wildman–Crippen MR) is 54.2 cm³/mol. The normalized spacial score (nSPS) is 23.3. The number of amides is 2. The highest BCUT2D eigenvalue weighted by atomic mass is 32.2. The standard InChI is InChI=1S/C8H14N2O4S/c11-3-2-9-8(12)10-5-7-1-4-15(13,14)6-7/h3,7H,1-2,4-6H2,(H2,9,10,12). The van der Waals surface area contributed by atoms with Crippen molar-refractivity contribution in [3.05, 3.63) is 0 Å². The van der Waals surface area contributed by atoms with Crippen molar-refractivity contribution in [1.29, 1.82) is 0 Å². The van der Waals surface area contributed by atoms with Crippen LogP contribution in [0.5, 0.6) is 0 Å². The lowest BCUT2D eigenvalue weighted by molar-refractivity contribution is -0.107. The molecule has 1 saturated heterocycles. The fourth-order valence-electron chi connectivity index (χ4n) is 1.47. The maximum absolute atomic E-state index is 11.1. The molecule has 0 radical (unpaired) electrons. The first-order chi connectivity index (χ1) is 7.03. The Morgan fingerprint density at radius 1 is 1.40 bits per heavy atom. The average Bonchev–Trinajstić information content (AvgIpc) is 2.52. The summed E-state index contributed by atoms with van der Waals surface area (Å²) in [4.78, 5) is 20.9. The van der Waals surface area contributed by atoms with Crippen molar-refractivity contribution < 1.29 is 18.0 Å². The predicted octanol–water partition coefficient (Wildman–Crippen LogP) is -1.08. The zero-order chi connectivity index (χ0) is 11.3. The summed E-state index contributed by atoms with van der Waals surface area (Å²) >= 11 is 0. The molecule has 86 valence electrons. The van der Waals surface area contributed by atoms with Crippen molar-refractivity contribution in [1.82, 2.24) is 10.6 Å². The fraction of sp³-hybridized carbons (Fsp3) is 0.750. The zero-order valence-corrected chi connectivity index (χ0v) is 9.05. The van der Waals surface area contributed by atoms with Gasteiger partial charge in [0.05, 0.1) is 18.1 Å². The Labute approximate surface area is 88.3 Å². The summed E-state index contributed by atoms with van der Waals surface area (Å²) in [5.41, 5.74) is 0. The van der Waals surface area contributed by atoms with Gasteiger partial charge in [-0.05, 0) is 12.3 Å². The van der Waals surface area contributed by atoms with Gasteiger partial charge in [0.2, 0.25) is 0 Å². The fourth-order valence-corrected chi connectivity index (χ4v) is 3.33. The van der Waals surface area contributed by atoms with Crippen LogP contribution in [0.3, 0.4) is 0 Å². The van der Waals surface area contributed by atoms with E-state index in [1.54, 1.807) is 0 Å². The summed E-state index contributed by atoms with van der Waals surface area (Å²) in [5, 5.41) is 4.83. The molecule has 1 rings (SSSR count). The van der Waals surface area contributed by atoms with Gasteiger partial charge in [0.1, 0.15) is 6.29 Å². The summed E-state index contributed by atoms with van der Waals surface area (Å²) in [6.45, 7) is 0.304. The van der Waals surface area contributed by atoms with E-state index in [0.717, 1.165) is 0 Å². The summed E-state index contributed by atoms with van der Waals surface area (Å²) in [5.74, 6) is 0.341. The third-order valence-corrected chi connectivity index (χ3v) is 4.06. The van der Waals surface area contributed by atoms with Crippen molar-refractivity contribution in [2.75, 3.05) is 24.6 Å². The van der Waals surface area contributed by atoms with Gasteiger partial charge >= 0.3 is 6.03 Å². The van der Waals surface area contributed by atoms with Crippen LogP contribution in [0.15, 0.2) is 0 Å². The van der Waals surface area contributed by atoms with Gasteiger partial charge in [0.25, 0.3) is 0 Å². The molecule has 0 saturated carbocycles. The number of carbonyl (C=O) groups excluding carboxylic acids is 2. The van der Waals surface area contributed by atoms with Crippen LogP contribution >= 0.6 is 0 Å². The highest BCUT2D eigenvalue weighted by Gasteiger charge is 2.27. The molecule has 7 heteroatoms. The van der Waals surface area contributed by atoms with E-state index in [2.05, 4.69) is 10.6 Å². The van der Waals surface area contributed by atoms with Gasteiger partial charge in [-0.25, -0.2) is 13.2 Å². The first kappa shape index (κ1) is 12.0. The van der Waals surface area contributed by atoms with E-state index in [4.69, 9.17) is 0 Å². The molecule has 1 aliphatic heterocycles. The molecule has 0 aromatic carbocycles. The molecular weight excluding hydrogens is 220 g/mol. The lowest BCUT2D eigenvalue weighted by Gasteiger charge is -2.09. The number of rotatable bonds is 4. The topological polar surface area (TPSA) is 92.3 Å². The Bertz CT molecular complexity index is 339. The second-order valence-corrected chi connectivity index (χ2v) is 5.76. The molecule has 0 aromatic rings. The van der Waals surface area contributed by atoms with Gasteiger partial charge in [-0.2, -0.15) is 0 Å². The van der Waals surface area contributed by atoms with Crippen LogP contribution in [0.25, 0.3) is 0 Å². The lowest BCUT2D eigenvalue weighted by Crippen LogP contribution is -2.39. The molecule has 6 nitrogen and oxygen atoms in total. The molecule has 1 atom stereocenters. The smallest absolute Gasteiger partial charge is 0.315 e. The van der Waals surface area contributed by atoms with Crippen LogP contribution in [0.4, 0.5) is 4.79 Å². The van der Waals surface area contributed by atoms with E-state index >= 15 is 0 Å². The number of nitrogens with one attached hydrogen (secondary N) is 2. The van der Waals surface area contributed by atoms with Crippen molar-refractivity contribution in [3.63, 3.8) is 0 Å². The molecule has 0 aromatic heterocycles. The second kappa shape index (κ2) is 5.11. The molecule has 1 unspecified atom stereocenters. The average molecular weight is 234 g/mol. The van der Waals surface area contributed by atoms with Crippen LogP contribution in [0.2, 0.25) is 0 Å². The van der Waals surface area contributed by atoms with Crippen LogP contribution in [0.1, 0.15) is 6.42 Å². The van der Waals surface area contributed by atoms with Gasteiger partial charge in [0, 0.05) is 6.54 Å². The minimum absolute atomic E-state index is 0.00280. The van der Waals surface area contributed by atoms with E-state index in [0.29, 0.717) is 19.3 Å². The number of sulfone groups is 1. The van der Waals surface area contributed by atoms with Gasteiger partial charge < -0.3 is 15.4 Å². The largest absolute Gasteiger partial charge is 0.338 e. The highest BCUT2D eigenvalue weighted by molar-refractivity contribution is 7.91. The third-order valence-electron chi connectivity index (χ3n) is 2.22. The quantitative estimate of drug-likeness (QED) is 0.605. The molecular formula is C8H14N2O4S. The molecule has 1 fully saturated rings. The van der Waals surface area contributed by atoms with Crippen LogP contribution < -0.4 is 10.6 Å². The maximum atomic E-state index is 11.1.